The number of hydrogen-bond acceptors (Lipinski definition) is 4. The summed E-state index contributed by atoms with van der Waals surface area (Å²) < 4.78 is 27.3. The Kier molecular flexibility index (Phi) is 7.29. The summed E-state index contributed by atoms with van der Waals surface area (Å²) in [5.74, 6) is 0.296. The van der Waals surface area contributed by atoms with Crippen LogP contribution in [0.1, 0.15) is 55.8 Å². The molecule has 160 valence electrons. The second kappa shape index (κ2) is 9.71. The van der Waals surface area contributed by atoms with Gasteiger partial charge in [-0.1, -0.05) is 12.8 Å². The van der Waals surface area contributed by atoms with Gasteiger partial charge in [0.25, 0.3) is 5.91 Å². The molecule has 29 heavy (non-hydrogen) atoms. The summed E-state index contributed by atoms with van der Waals surface area (Å²) in [4.78, 5) is 25.9. The number of hydrogen-bond donors (Lipinski definition) is 1. The van der Waals surface area contributed by atoms with Crippen molar-refractivity contribution < 1.29 is 18.0 Å². The fourth-order valence-corrected chi connectivity index (χ4v) is 5.53. The SMILES string of the molecule is CC(=O)NCC1CCN(C(=O)c2ccc(S(=O)(=O)N3CCCCCC3)cc2)CC1. The third kappa shape index (κ3) is 5.57. The van der Waals surface area contributed by atoms with E-state index in [0.717, 1.165) is 38.5 Å². The minimum atomic E-state index is -3.50. The molecule has 2 heterocycles. The van der Waals surface area contributed by atoms with Crippen LogP contribution < -0.4 is 5.32 Å². The lowest BCUT2D eigenvalue weighted by molar-refractivity contribution is -0.119. The van der Waals surface area contributed by atoms with Gasteiger partial charge in [-0.25, -0.2) is 8.42 Å². The molecule has 2 aliphatic rings. The molecule has 2 fully saturated rings. The number of carbonyl (C=O) groups excluding carboxylic acids is 2. The van der Waals surface area contributed by atoms with Crippen molar-refractivity contribution in [2.45, 2.75) is 50.3 Å². The number of nitrogens with zero attached hydrogens (tertiary/aromatic N) is 2. The van der Waals surface area contributed by atoms with Gasteiger partial charge in [0.15, 0.2) is 0 Å². The van der Waals surface area contributed by atoms with E-state index in [4.69, 9.17) is 0 Å². The van der Waals surface area contributed by atoms with E-state index >= 15 is 0 Å². The number of benzene rings is 1. The average Bonchev–Trinajstić information content (AvgIpc) is 3.02. The van der Waals surface area contributed by atoms with Crippen LogP contribution in [0, 0.1) is 5.92 Å². The summed E-state index contributed by atoms with van der Waals surface area (Å²) >= 11 is 0. The van der Waals surface area contributed by atoms with Gasteiger partial charge in [-0.3, -0.25) is 9.59 Å². The summed E-state index contributed by atoms with van der Waals surface area (Å²) in [7, 11) is -3.50. The molecule has 7 nitrogen and oxygen atoms in total. The van der Waals surface area contributed by atoms with E-state index in [-0.39, 0.29) is 16.7 Å². The Hall–Kier alpha value is -1.93. The van der Waals surface area contributed by atoms with Crippen LogP contribution >= 0.6 is 0 Å². The van der Waals surface area contributed by atoms with Crippen molar-refractivity contribution in [2.75, 3.05) is 32.7 Å². The third-order valence-electron chi connectivity index (χ3n) is 5.85. The fraction of sp³-hybridized carbons (Fsp3) is 0.619. The molecular formula is C21H31N3O4S. The standard InChI is InChI=1S/C21H31N3O4S/c1-17(25)22-16-18-10-14-23(15-11-18)21(26)19-6-8-20(9-7-19)29(27,28)24-12-4-2-3-5-13-24/h6-9,18H,2-5,10-16H2,1H3,(H,22,25). The van der Waals surface area contributed by atoms with Gasteiger partial charge in [-0.2, -0.15) is 4.31 Å². The zero-order valence-corrected chi connectivity index (χ0v) is 17.9. The lowest BCUT2D eigenvalue weighted by Crippen LogP contribution is -2.41. The maximum atomic E-state index is 12.9. The first kappa shape index (κ1) is 21.8. The third-order valence-corrected chi connectivity index (χ3v) is 7.76. The quantitative estimate of drug-likeness (QED) is 0.790. The van der Waals surface area contributed by atoms with E-state index in [1.54, 1.807) is 28.6 Å². The molecule has 0 spiro atoms. The molecule has 1 N–H and O–H groups in total. The van der Waals surface area contributed by atoms with Crippen molar-refractivity contribution in [2.24, 2.45) is 5.92 Å². The van der Waals surface area contributed by atoms with E-state index in [1.807, 2.05) is 4.90 Å². The van der Waals surface area contributed by atoms with Gasteiger partial charge in [0.1, 0.15) is 0 Å². The molecule has 1 aromatic rings. The van der Waals surface area contributed by atoms with Gasteiger partial charge in [0.2, 0.25) is 15.9 Å². The Morgan fingerprint density at radius 3 is 2.10 bits per heavy atom. The molecule has 0 aromatic heterocycles. The number of carbonyl (C=O) groups is 2. The highest BCUT2D eigenvalue weighted by Gasteiger charge is 2.27. The lowest BCUT2D eigenvalue weighted by atomic mass is 9.96. The summed E-state index contributed by atoms with van der Waals surface area (Å²) in [6.45, 7) is 4.59. The molecule has 0 aliphatic carbocycles. The molecule has 0 bridgehead atoms. The van der Waals surface area contributed by atoms with Gasteiger partial charge in [0.05, 0.1) is 4.90 Å². The number of likely N-dealkylation sites (tertiary alicyclic amines) is 1. The molecule has 2 amide bonds. The van der Waals surface area contributed by atoms with Gasteiger partial charge < -0.3 is 10.2 Å². The molecule has 0 saturated carbocycles. The minimum Gasteiger partial charge on any atom is -0.356 e. The fourth-order valence-electron chi connectivity index (χ4n) is 4.01. The van der Waals surface area contributed by atoms with Crippen LogP contribution in [0.3, 0.4) is 0 Å². The molecule has 0 atom stereocenters. The molecule has 0 radical (unpaired) electrons. The predicted octanol–water partition coefficient (Wildman–Crippen LogP) is 2.24. The van der Waals surface area contributed by atoms with E-state index in [1.165, 1.54) is 6.92 Å². The number of rotatable bonds is 5. The topological polar surface area (TPSA) is 86.8 Å². The number of piperidine rings is 1. The van der Waals surface area contributed by atoms with Crippen molar-refractivity contribution >= 4 is 21.8 Å². The van der Waals surface area contributed by atoms with E-state index < -0.39 is 10.0 Å². The van der Waals surface area contributed by atoms with E-state index in [2.05, 4.69) is 5.32 Å². The Morgan fingerprint density at radius 2 is 1.55 bits per heavy atom. The Morgan fingerprint density at radius 1 is 0.966 bits per heavy atom. The Bertz CT molecular complexity index is 807. The maximum absolute atomic E-state index is 12.9. The number of nitrogens with one attached hydrogen (secondary N) is 1. The molecule has 1 aromatic carbocycles. The number of sulfonamides is 1. The minimum absolute atomic E-state index is 0.0290. The van der Waals surface area contributed by atoms with Crippen molar-refractivity contribution in [3.05, 3.63) is 29.8 Å². The first-order chi connectivity index (χ1) is 13.9. The average molecular weight is 422 g/mol. The maximum Gasteiger partial charge on any atom is 0.253 e. The molecule has 3 rings (SSSR count). The van der Waals surface area contributed by atoms with Gasteiger partial charge in [-0.05, 0) is 55.9 Å². The highest BCUT2D eigenvalue weighted by Crippen LogP contribution is 2.22. The Balaban J connectivity index is 1.60. The van der Waals surface area contributed by atoms with Crippen LogP contribution in [0.15, 0.2) is 29.2 Å². The van der Waals surface area contributed by atoms with Crippen LogP contribution in [-0.4, -0.2) is 62.2 Å². The van der Waals surface area contributed by atoms with Crippen LogP contribution in [0.5, 0.6) is 0 Å². The largest absolute Gasteiger partial charge is 0.356 e. The molecule has 8 heteroatoms. The monoisotopic (exact) mass is 421 g/mol. The molecule has 0 unspecified atom stereocenters. The molecule has 2 saturated heterocycles. The van der Waals surface area contributed by atoms with Crippen molar-refractivity contribution in [3.63, 3.8) is 0 Å². The van der Waals surface area contributed by atoms with Crippen molar-refractivity contribution in [1.82, 2.24) is 14.5 Å². The van der Waals surface area contributed by atoms with E-state index in [0.29, 0.717) is 44.2 Å². The zero-order valence-electron chi connectivity index (χ0n) is 17.1. The van der Waals surface area contributed by atoms with E-state index in [9.17, 15) is 18.0 Å². The van der Waals surface area contributed by atoms with Gasteiger partial charge in [0, 0.05) is 45.2 Å². The van der Waals surface area contributed by atoms with Crippen molar-refractivity contribution in [1.29, 1.82) is 0 Å². The molecule has 2 aliphatic heterocycles. The number of amides is 2. The van der Waals surface area contributed by atoms with Gasteiger partial charge in [-0.15, -0.1) is 0 Å². The Labute approximate surface area is 173 Å². The zero-order chi connectivity index (χ0) is 20.9. The smallest absolute Gasteiger partial charge is 0.253 e. The second-order valence-corrected chi connectivity index (χ2v) is 9.95. The van der Waals surface area contributed by atoms with Gasteiger partial charge >= 0.3 is 0 Å². The normalized spacial score (nSPS) is 19.6. The van der Waals surface area contributed by atoms with Crippen LogP contribution in [0.4, 0.5) is 0 Å². The first-order valence-electron chi connectivity index (χ1n) is 10.5. The highest BCUT2D eigenvalue weighted by atomic mass is 32.2. The first-order valence-corrected chi connectivity index (χ1v) is 12.0. The van der Waals surface area contributed by atoms with Crippen LogP contribution in [-0.2, 0) is 14.8 Å². The summed E-state index contributed by atoms with van der Waals surface area (Å²) in [6, 6.07) is 6.35. The van der Waals surface area contributed by atoms with Crippen LogP contribution in [0.2, 0.25) is 0 Å². The predicted molar refractivity (Wildman–Crippen MR) is 111 cm³/mol. The highest BCUT2D eigenvalue weighted by molar-refractivity contribution is 7.89. The summed E-state index contributed by atoms with van der Waals surface area (Å²) in [5, 5.41) is 2.84. The van der Waals surface area contributed by atoms with Crippen molar-refractivity contribution in [3.8, 4) is 0 Å². The lowest BCUT2D eigenvalue weighted by Gasteiger charge is -2.32. The van der Waals surface area contributed by atoms with Crippen LogP contribution in [0.25, 0.3) is 0 Å². The summed E-state index contributed by atoms with van der Waals surface area (Å²) in [6.07, 6.45) is 5.64. The molecular weight excluding hydrogens is 390 g/mol. The second-order valence-electron chi connectivity index (χ2n) is 8.02. The summed E-state index contributed by atoms with van der Waals surface area (Å²) in [5.41, 5.74) is 0.514.